The van der Waals surface area contributed by atoms with Crippen LogP contribution in [0.3, 0.4) is 0 Å². The van der Waals surface area contributed by atoms with Crippen LogP contribution in [0.15, 0.2) is 29.4 Å². The summed E-state index contributed by atoms with van der Waals surface area (Å²) < 4.78 is 12.1. The molecule has 2 heterocycles. The summed E-state index contributed by atoms with van der Waals surface area (Å²) >= 11 is 8.98. The van der Waals surface area contributed by atoms with Crippen molar-refractivity contribution in [2.24, 2.45) is 0 Å². The van der Waals surface area contributed by atoms with Gasteiger partial charge in [-0.2, -0.15) is 0 Å². The lowest BCUT2D eigenvalue weighted by Gasteiger charge is -2.25. The van der Waals surface area contributed by atoms with Gasteiger partial charge in [0.2, 0.25) is 0 Å². The number of methoxy groups -OCH3 is 1. The maximum Gasteiger partial charge on any atom is 0.192 e. The number of halogens is 1. The monoisotopic (exact) mass is 421 g/mol. The average Bonchev–Trinajstić information content (AvgIpc) is 3.33. The Morgan fingerprint density at radius 3 is 2.59 bits per heavy atom. The number of hydrogen-bond donors (Lipinski definition) is 0. The van der Waals surface area contributed by atoms with Crippen molar-refractivity contribution < 1.29 is 4.74 Å². The lowest BCUT2D eigenvalue weighted by molar-refractivity contribution is 0.339. The van der Waals surface area contributed by atoms with Crippen LogP contribution in [0, 0.1) is 0 Å². The van der Waals surface area contributed by atoms with Crippen molar-refractivity contribution in [2.75, 3.05) is 7.11 Å². The Bertz CT molecular complexity index is 890. The van der Waals surface area contributed by atoms with E-state index < -0.39 is 0 Å². The molecule has 1 aromatic carbocycles. The first-order valence-corrected chi connectivity index (χ1v) is 11.1. The number of aromatic nitrogens is 5. The topological polar surface area (TPSA) is 65.7 Å². The molecular weight excluding hydrogens is 402 g/mol. The fourth-order valence-corrected chi connectivity index (χ4v) is 5.14. The second kappa shape index (κ2) is 8.58. The predicted octanol–water partition coefficient (Wildman–Crippen LogP) is 5.26. The summed E-state index contributed by atoms with van der Waals surface area (Å²) in [5.74, 6) is 2.39. The SMILES string of the molecule is COc1ccc(-c2nnc(SCc3nnsc3Cl)n2C2CCCCC2)cc1. The minimum absolute atomic E-state index is 0.428. The normalized spacial score (nSPS) is 15.2. The summed E-state index contributed by atoms with van der Waals surface area (Å²) in [7, 11) is 1.67. The Morgan fingerprint density at radius 2 is 1.93 bits per heavy atom. The molecule has 0 spiro atoms. The van der Waals surface area contributed by atoms with Gasteiger partial charge in [0.25, 0.3) is 0 Å². The highest BCUT2D eigenvalue weighted by molar-refractivity contribution is 7.98. The highest BCUT2D eigenvalue weighted by Crippen LogP contribution is 2.37. The molecule has 0 bridgehead atoms. The second-order valence-electron chi connectivity index (χ2n) is 6.48. The molecule has 0 saturated heterocycles. The molecule has 3 aromatic rings. The molecule has 9 heteroatoms. The van der Waals surface area contributed by atoms with Crippen LogP contribution in [0.1, 0.15) is 43.8 Å². The van der Waals surface area contributed by atoms with Gasteiger partial charge in [-0.15, -0.1) is 15.3 Å². The molecule has 27 heavy (non-hydrogen) atoms. The van der Waals surface area contributed by atoms with E-state index in [0.717, 1.165) is 40.8 Å². The Hall–Kier alpha value is -1.64. The fourth-order valence-electron chi connectivity index (χ4n) is 3.40. The number of nitrogens with zero attached hydrogens (tertiary/aromatic N) is 5. The van der Waals surface area contributed by atoms with E-state index in [2.05, 4.69) is 24.4 Å². The number of benzene rings is 1. The Labute approximate surface area is 171 Å². The molecule has 0 amide bonds. The molecule has 0 aliphatic heterocycles. The number of rotatable bonds is 6. The van der Waals surface area contributed by atoms with Crippen LogP contribution in [0.5, 0.6) is 5.75 Å². The Morgan fingerprint density at radius 1 is 1.15 bits per heavy atom. The molecule has 0 atom stereocenters. The van der Waals surface area contributed by atoms with Gasteiger partial charge in [0.15, 0.2) is 11.0 Å². The van der Waals surface area contributed by atoms with E-state index in [1.807, 2.05) is 24.3 Å². The molecule has 0 N–H and O–H groups in total. The third kappa shape index (κ3) is 4.12. The molecule has 0 radical (unpaired) electrons. The summed E-state index contributed by atoms with van der Waals surface area (Å²) in [6, 6.07) is 8.43. The summed E-state index contributed by atoms with van der Waals surface area (Å²) in [6.45, 7) is 0. The lowest BCUT2D eigenvalue weighted by Crippen LogP contribution is -2.15. The first-order chi connectivity index (χ1) is 13.3. The van der Waals surface area contributed by atoms with Crippen LogP contribution in [-0.4, -0.2) is 31.5 Å². The van der Waals surface area contributed by atoms with Crippen LogP contribution in [0.4, 0.5) is 0 Å². The highest BCUT2D eigenvalue weighted by atomic mass is 35.5. The molecule has 4 rings (SSSR count). The van der Waals surface area contributed by atoms with Crippen LogP contribution in [0.25, 0.3) is 11.4 Å². The number of thioether (sulfide) groups is 1. The molecule has 142 valence electrons. The minimum Gasteiger partial charge on any atom is -0.497 e. The van der Waals surface area contributed by atoms with Crippen LogP contribution < -0.4 is 4.74 Å². The smallest absolute Gasteiger partial charge is 0.192 e. The molecule has 1 fully saturated rings. The number of ether oxygens (including phenoxy) is 1. The molecule has 1 aliphatic rings. The van der Waals surface area contributed by atoms with Gasteiger partial charge < -0.3 is 4.74 Å². The second-order valence-corrected chi connectivity index (χ2v) is 8.78. The third-order valence-electron chi connectivity index (χ3n) is 4.80. The van der Waals surface area contributed by atoms with E-state index in [1.165, 1.54) is 30.8 Å². The van der Waals surface area contributed by atoms with E-state index >= 15 is 0 Å². The van der Waals surface area contributed by atoms with Crippen molar-refractivity contribution in [3.8, 4) is 17.1 Å². The first-order valence-electron chi connectivity index (χ1n) is 8.95. The van der Waals surface area contributed by atoms with Crippen LogP contribution >= 0.6 is 34.9 Å². The van der Waals surface area contributed by atoms with E-state index in [9.17, 15) is 0 Å². The quantitative estimate of drug-likeness (QED) is 0.506. The maximum atomic E-state index is 6.15. The highest BCUT2D eigenvalue weighted by Gasteiger charge is 2.24. The maximum absolute atomic E-state index is 6.15. The summed E-state index contributed by atoms with van der Waals surface area (Å²) in [5, 5.41) is 14.0. The van der Waals surface area contributed by atoms with Gasteiger partial charge in [-0.05, 0) is 37.1 Å². The summed E-state index contributed by atoms with van der Waals surface area (Å²) in [4.78, 5) is 0. The van der Waals surface area contributed by atoms with Gasteiger partial charge in [-0.1, -0.05) is 47.1 Å². The van der Waals surface area contributed by atoms with Gasteiger partial charge >= 0.3 is 0 Å². The van der Waals surface area contributed by atoms with Crippen molar-refractivity contribution >= 4 is 34.9 Å². The first kappa shape index (κ1) is 18.7. The van der Waals surface area contributed by atoms with E-state index in [4.69, 9.17) is 16.3 Å². The van der Waals surface area contributed by atoms with Gasteiger partial charge in [-0.3, -0.25) is 4.57 Å². The van der Waals surface area contributed by atoms with Crippen molar-refractivity contribution in [2.45, 2.75) is 49.1 Å². The molecule has 6 nitrogen and oxygen atoms in total. The zero-order valence-corrected chi connectivity index (χ0v) is 17.4. The fraction of sp³-hybridized carbons (Fsp3) is 0.444. The van der Waals surface area contributed by atoms with Crippen molar-refractivity contribution in [3.63, 3.8) is 0 Å². The van der Waals surface area contributed by atoms with Crippen molar-refractivity contribution in [3.05, 3.63) is 34.3 Å². The van der Waals surface area contributed by atoms with Gasteiger partial charge in [0.1, 0.15) is 15.8 Å². The predicted molar refractivity (Wildman–Crippen MR) is 109 cm³/mol. The molecule has 1 saturated carbocycles. The lowest BCUT2D eigenvalue weighted by atomic mass is 9.95. The van der Waals surface area contributed by atoms with Crippen LogP contribution in [-0.2, 0) is 5.75 Å². The summed E-state index contributed by atoms with van der Waals surface area (Å²) in [5.41, 5.74) is 1.85. The van der Waals surface area contributed by atoms with Gasteiger partial charge in [0.05, 0.1) is 7.11 Å². The van der Waals surface area contributed by atoms with E-state index in [0.29, 0.717) is 16.1 Å². The van der Waals surface area contributed by atoms with E-state index in [1.54, 1.807) is 18.9 Å². The van der Waals surface area contributed by atoms with E-state index in [-0.39, 0.29) is 0 Å². The summed E-state index contributed by atoms with van der Waals surface area (Å²) in [6.07, 6.45) is 6.12. The number of hydrogen-bond acceptors (Lipinski definition) is 7. The van der Waals surface area contributed by atoms with Crippen molar-refractivity contribution in [1.82, 2.24) is 24.4 Å². The molecule has 2 aromatic heterocycles. The van der Waals surface area contributed by atoms with Gasteiger partial charge in [0, 0.05) is 28.9 Å². The third-order valence-corrected chi connectivity index (χ3v) is 6.74. The largest absolute Gasteiger partial charge is 0.497 e. The van der Waals surface area contributed by atoms with Crippen LogP contribution in [0.2, 0.25) is 4.34 Å². The standard InChI is InChI=1S/C18H20ClN5OS2/c1-25-14-9-7-12(8-10-14)17-21-22-18(24(17)13-5-3-2-4-6-13)26-11-15-16(19)27-23-20-15/h7-10,13H,2-6,11H2,1H3. The molecule has 0 unspecified atom stereocenters. The Balaban J connectivity index is 1.65. The van der Waals surface area contributed by atoms with Gasteiger partial charge in [-0.25, -0.2) is 0 Å². The Kier molecular flexibility index (Phi) is 5.95. The molecular formula is C18H20ClN5OS2. The van der Waals surface area contributed by atoms with Crippen molar-refractivity contribution in [1.29, 1.82) is 0 Å². The average molecular weight is 422 g/mol. The zero-order valence-electron chi connectivity index (χ0n) is 15.0. The molecule has 1 aliphatic carbocycles. The zero-order chi connectivity index (χ0) is 18.6. The minimum atomic E-state index is 0.428.